The first kappa shape index (κ1) is 34.9. The third-order valence-corrected chi connectivity index (χ3v) is 6.93. The summed E-state index contributed by atoms with van der Waals surface area (Å²) in [4.78, 5) is 12.2. The van der Waals surface area contributed by atoms with E-state index in [-0.39, 0.29) is 12.5 Å². The monoisotopic (exact) mass is 507 g/mol. The first-order valence-corrected chi connectivity index (χ1v) is 15.6. The summed E-state index contributed by atoms with van der Waals surface area (Å²) < 4.78 is 0. The lowest BCUT2D eigenvalue weighted by Crippen LogP contribution is -2.45. The number of allylic oxidation sites excluding steroid dienone is 3. The van der Waals surface area contributed by atoms with Gasteiger partial charge >= 0.3 is 0 Å². The van der Waals surface area contributed by atoms with Gasteiger partial charge in [-0.1, -0.05) is 128 Å². The maximum atomic E-state index is 12.2. The average Bonchev–Trinajstić information content (AvgIpc) is 2.88. The molecule has 2 atom stereocenters. The van der Waals surface area contributed by atoms with Crippen LogP contribution in [0.1, 0.15) is 155 Å². The van der Waals surface area contributed by atoms with Crippen LogP contribution in [0.5, 0.6) is 0 Å². The number of amides is 1. The molecule has 4 nitrogen and oxygen atoms in total. The van der Waals surface area contributed by atoms with Crippen molar-refractivity contribution in [1.29, 1.82) is 0 Å². The zero-order chi connectivity index (χ0) is 26.5. The average molecular weight is 508 g/mol. The van der Waals surface area contributed by atoms with Crippen LogP contribution in [-0.4, -0.2) is 34.9 Å². The summed E-state index contributed by atoms with van der Waals surface area (Å²) in [6.45, 7) is 4.19. The fraction of sp³-hybridized carbons (Fsp3) is 0.844. The van der Waals surface area contributed by atoms with E-state index in [2.05, 4.69) is 31.3 Å². The third-order valence-electron chi connectivity index (χ3n) is 6.93. The van der Waals surface area contributed by atoms with Gasteiger partial charge in [0.05, 0.1) is 18.8 Å². The number of aliphatic hydroxyl groups is 2. The van der Waals surface area contributed by atoms with Crippen molar-refractivity contribution in [3.05, 3.63) is 24.3 Å². The van der Waals surface area contributed by atoms with Crippen LogP contribution in [0.3, 0.4) is 0 Å². The van der Waals surface area contributed by atoms with Crippen molar-refractivity contribution in [1.82, 2.24) is 5.32 Å². The minimum absolute atomic E-state index is 0.0755. The predicted octanol–water partition coefficient (Wildman–Crippen LogP) is 8.56. The first-order valence-electron chi connectivity index (χ1n) is 15.6. The molecule has 1 amide bonds. The van der Waals surface area contributed by atoms with E-state index in [1.165, 1.54) is 109 Å². The second kappa shape index (κ2) is 28.4. The lowest BCUT2D eigenvalue weighted by Gasteiger charge is -2.20. The van der Waals surface area contributed by atoms with Gasteiger partial charge in [-0.25, -0.2) is 0 Å². The molecule has 0 bridgehead atoms. The Morgan fingerprint density at radius 1 is 0.639 bits per heavy atom. The van der Waals surface area contributed by atoms with Crippen molar-refractivity contribution in [2.45, 2.75) is 167 Å². The second-order valence-electron chi connectivity index (χ2n) is 10.5. The minimum atomic E-state index is -0.832. The molecule has 0 saturated heterocycles. The maximum absolute atomic E-state index is 12.2. The highest BCUT2D eigenvalue weighted by atomic mass is 16.3. The van der Waals surface area contributed by atoms with E-state index in [1.54, 1.807) is 6.08 Å². The van der Waals surface area contributed by atoms with Crippen molar-refractivity contribution in [3.63, 3.8) is 0 Å². The number of nitrogens with one attached hydrogen (secondary N) is 1. The third kappa shape index (κ3) is 24.6. The summed E-state index contributed by atoms with van der Waals surface area (Å²) >= 11 is 0. The smallest absolute Gasteiger partial charge is 0.220 e. The van der Waals surface area contributed by atoms with Gasteiger partial charge in [0.2, 0.25) is 5.91 Å². The van der Waals surface area contributed by atoms with Crippen molar-refractivity contribution in [3.8, 4) is 0 Å². The zero-order valence-corrected chi connectivity index (χ0v) is 24.0. The van der Waals surface area contributed by atoms with Gasteiger partial charge in [0.15, 0.2) is 0 Å². The number of rotatable bonds is 27. The Balaban J connectivity index is 3.52. The van der Waals surface area contributed by atoms with Gasteiger partial charge in [0.25, 0.3) is 0 Å². The van der Waals surface area contributed by atoms with E-state index < -0.39 is 12.1 Å². The van der Waals surface area contributed by atoms with Gasteiger partial charge in [-0.2, -0.15) is 0 Å². The second-order valence-corrected chi connectivity index (χ2v) is 10.5. The summed E-state index contributed by atoms with van der Waals surface area (Å²) in [5.74, 6) is -0.0755. The van der Waals surface area contributed by atoms with E-state index in [0.29, 0.717) is 6.42 Å². The molecule has 212 valence electrons. The number of carbonyl (C=O) groups is 1. The highest BCUT2D eigenvalue weighted by Gasteiger charge is 2.17. The Morgan fingerprint density at radius 2 is 1.06 bits per heavy atom. The van der Waals surface area contributed by atoms with Crippen LogP contribution in [0.2, 0.25) is 0 Å². The standard InChI is InChI=1S/C32H61NO3/c1-3-5-7-9-10-11-12-13-14-15-16-17-18-19-20-21-22-24-26-28-32(36)33-30(29-34)31(35)27-25-23-8-6-4-2/h13-14,25,27,30-31,34-35H,3-12,15-24,26,28-29H2,1-2H3,(H,33,36)/b14-13-,27-25+. The molecule has 3 N–H and O–H groups in total. The van der Waals surface area contributed by atoms with Crippen molar-refractivity contribution >= 4 is 5.91 Å². The molecule has 0 fully saturated rings. The van der Waals surface area contributed by atoms with Crippen molar-refractivity contribution < 1.29 is 15.0 Å². The highest BCUT2D eigenvalue weighted by molar-refractivity contribution is 5.76. The molecule has 2 unspecified atom stereocenters. The Labute approximate surface area is 224 Å². The van der Waals surface area contributed by atoms with E-state index in [9.17, 15) is 15.0 Å². The highest BCUT2D eigenvalue weighted by Crippen LogP contribution is 2.12. The quantitative estimate of drug-likeness (QED) is 0.0770. The van der Waals surface area contributed by atoms with Crippen LogP contribution in [0.25, 0.3) is 0 Å². The van der Waals surface area contributed by atoms with Gasteiger partial charge in [0, 0.05) is 6.42 Å². The molecule has 0 aromatic heterocycles. The van der Waals surface area contributed by atoms with Crippen LogP contribution in [0.4, 0.5) is 0 Å². The molecule has 0 aliphatic carbocycles. The predicted molar refractivity (Wildman–Crippen MR) is 156 cm³/mol. The molecule has 0 aromatic rings. The number of hydrogen-bond donors (Lipinski definition) is 3. The molecule has 0 heterocycles. The molecule has 0 rings (SSSR count). The van der Waals surface area contributed by atoms with Crippen LogP contribution >= 0.6 is 0 Å². The number of carbonyl (C=O) groups excluding carboxylic acids is 1. The molecule has 0 spiro atoms. The Kier molecular flexibility index (Phi) is 27.5. The van der Waals surface area contributed by atoms with Gasteiger partial charge in [0.1, 0.15) is 0 Å². The summed E-state index contributed by atoms with van der Waals surface area (Å²) in [5, 5.41) is 22.5. The largest absolute Gasteiger partial charge is 0.394 e. The lowest BCUT2D eigenvalue weighted by molar-refractivity contribution is -0.123. The molecule has 0 radical (unpaired) electrons. The van der Waals surface area contributed by atoms with Gasteiger partial charge in [-0.15, -0.1) is 0 Å². The van der Waals surface area contributed by atoms with Crippen LogP contribution in [0.15, 0.2) is 24.3 Å². The summed E-state index contributed by atoms with van der Waals surface area (Å²) in [5.41, 5.74) is 0. The molecule has 0 aromatic carbocycles. The van der Waals surface area contributed by atoms with E-state index in [1.807, 2.05) is 6.08 Å². The fourth-order valence-electron chi connectivity index (χ4n) is 4.46. The van der Waals surface area contributed by atoms with E-state index in [4.69, 9.17) is 0 Å². The summed E-state index contributed by atoms with van der Waals surface area (Å²) in [6, 6.07) is -0.615. The number of unbranched alkanes of at least 4 members (excludes halogenated alkanes) is 18. The molecule has 0 aliphatic rings. The molecule has 4 heteroatoms. The van der Waals surface area contributed by atoms with E-state index in [0.717, 1.165) is 25.7 Å². The Hall–Kier alpha value is -1.13. The molecular formula is C32H61NO3. The van der Waals surface area contributed by atoms with Crippen molar-refractivity contribution in [2.75, 3.05) is 6.61 Å². The SMILES string of the molecule is CCCCC/C=C/C(O)C(CO)NC(=O)CCCCCCCCCCC/C=C\CCCCCCCC. The van der Waals surface area contributed by atoms with Crippen LogP contribution < -0.4 is 5.32 Å². The maximum Gasteiger partial charge on any atom is 0.220 e. The molecule has 0 aliphatic heterocycles. The lowest BCUT2D eigenvalue weighted by atomic mass is 10.0. The van der Waals surface area contributed by atoms with Gasteiger partial charge < -0.3 is 15.5 Å². The van der Waals surface area contributed by atoms with E-state index >= 15 is 0 Å². The van der Waals surface area contributed by atoms with Gasteiger partial charge in [-0.05, 0) is 44.9 Å². The van der Waals surface area contributed by atoms with Crippen LogP contribution in [0, 0.1) is 0 Å². The summed E-state index contributed by atoms with van der Waals surface area (Å²) in [6.07, 6.45) is 34.2. The van der Waals surface area contributed by atoms with Crippen molar-refractivity contribution in [2.24, 2.45) is 0 Å². The van der Waals surface area contributed by atoms with Crippen LogP contribution in [-0.2, 0) is 4.79 Å². The Bertz CT molecular complexity index is 518. The normalized spacial score (nSPS) is 13.6. The number of aliphatic hydroxyl groups excluding tert-OH is 2. The Morgan fingerprint density at radius 3 is 1.58 bits per heavy atom. The molecule has 36 heavy (non-hydrogen) atoms. The molecular weight excluding hydrogens is 446 g/mol. The topological polar surface area (TPSA) is 69.6 Å². The fourth-order valence-corrected chi connectivity index (χ4v) is 4.46. The number of hydrogen-bond acceptors (Lipinski definition) is 3. The first-order chi connectivity index (χ1) is 17.7. The van der Waals surface area contributed by atoms with Gasteiger partial charge in [-0.3, -0.25) is 4.79 Å². The zero-order valence-electron chi connectivity index (χ0n) is 24.0. The minimum Gasteiger partial charge on any atom is -0.394 e. The molecule has 0 saturated carbocycles. The summed E-state index contributed by atoms with van der Waals surface area (Å²) in [7, 11) is 0.